The van der Waals surface area contributed by atoms with Gasteiger partial charge in [-0.1, -0.05) is 17.7 Å². The van der Waals surface area contributed by atoms with E-state index in [1.165, 1.54) is 0 Å². The summed E-state index contributed by atoms with van der Waals surface area (Å²) in [4.78, 5) is 3.33. The first-order chi connectivity index (χ1) is 9.36. The molecule has 1 heterocycles. The molecule has 8 heteroatoms. The fourth-order valence-corrected chi connectivity index (χ4v) is 2.32. The largest absolute Gasteiger partial charge is 0.490 e. The first-order valence-electron chi connectivity index (χ1n) is 5.45. The maximum Gasteiger partial charge on any atom is 0.443 e. The van der Waals surface area contributed by atoms with Crippen LogP contribution in [0, 0.1) is 0 Å². The summed E-state index contributed by atoms with van der Waals surface area (Å²) in [7, 11) is 0. The third-order valence-electron chi connectivity index (χ3n) is 2.30. The number of ether oxygens (including phenoxy) is 1. The minimum Gasteiger partial charge on any atom is -0.490 e. The van der Waals surface area contributed by atoms with Crippen molar-refractivity contribution in [3.05, 3.63) is 45.4 Å². The molecule has 0 saturated heterocycles. The number of aromatic nitrogens is 1. The second kappa shape index (κ2) is 5.99. The van der Waals surface area contributed by atoms with E-state index in [1.807, 2.05) is 0 Å². The second-order valence-electron chi connectivity index (χ2n) is 3.85. The highest BCUT2D eigenvalue weighted by atomic mass is 35.5. The number of hydrogen-bond donors (Lipinski definition) is 1. The van der Waals surface area contributed by atoms with Crippen molar-refractivity contribution in [2.75, 3.05) is 6.61 Å². The highest BCUT2D eigenvalue weighted by Crippen LogP contribution is 2.34. The average molecular weight is 324 g/mol. The Morgan fingerprint density at radius 1 is 1.40 bits per heavy atom. The zero-order chi connectivity index (χ0) is 14.8. The normalized spacial score (nSPS) is 13.2. The van der Waals surface area contributed by atoms with Crippen molar-refractivity contribution in [1.82, 2.24) is 4.98 Å². The van der Waals surface area contributed by atoms with E-state index >= 15 is 0 Å². The molecule has 1 atom stereocenters. The van der Waals surface area contributed by atoms with E-state index in [2.05, 4.69) is 4.98 Å². The summed E-state index contributed by atoms with van der Waals surface area (Å²) in [6.45, 7) is -0.181. The van der Waals surface area contributed by atoms with Crippen LogP contribution in [-0.4, -0.2) is 16.7 Å². The molecule has 0 fully saturated rings. The quantitative estimate of drug-likeness (QED) is 0.927. The summed E-state index contributed by atoms with van der Waals surface area (Å²) in [5, 5.41) is 9.25. The molecule has 1 aromatic heterocycles. The minimum absolute atomic E-state index is 0.0966. The van der Waals surface area contributed by atoms with E-state index in [0.29, 0.717) is 22.1 Å². The van der Waals surface area contributed by atoms with Gasteiger partial charge in [0.05, 0.1) is 4.88 Å². The Hall–Kier alpha value is -1.31. The molecule has 0 amide bonds. The van der Waals surface area contributed by atoms with Crippen LogP contribution in [0.5, 0.6) is 5.75 Å². The van der Waals surface area contributed by atoms with Crippen molar-refractivity contribution < 1.29 is 23.0 Å². The van der Waals surface area contributed by atoms with Gasteiger partial charge >= 0.3 is 6.18 Å². The molecule has 1 N–H and O–H groups in total. The molecular weight excluding hydrogens is 315 g/mol. The Balaban J connectivity index is 1.98. The van der Waals surface area contributed by atoms with E-state index in [0.717, 1.165) is 6.20 Å². The van der Waals surface area contributed by atoms with Gasteiger partial charge < -0.3 is 9.84 Å². The molecule has 1 unspecified atom stereocenters. The van der Waals surface area contributed by atoms with Gasteiger partial charge in [-0.3, -0.25) is 0 Å². The third-order valence-corrected chi connectivity index (χ3v) is 3.68. The zero-order valence-electron chi connectivity index (χ0n) is 9.89. The standard InChI is InChI=1S/C12H9ClF3NO2S/c13-7-2-1-3-8(4-7)19-6-9(18)10-5-17-11(20-10)12(14,15)16/h1-5,9,18H,6H2. The maximum atomic E-state index is 12.4. The Bertz CT molecular complexity index is 588. The van der Waals surface area contributed by atoms with Crippen LogP contribution in [0.25, 0.3) is 0 Å². The first kappa shape index (κ1) is 15.1. The van der Waals surface area contributed by atoms with Crippen molar-refractivity contribution in [2.45, 2.75) is 12.3 Å². The second-order valence-corrected chi connectivity index (χ2v) is 5.35. The number of hydrogen-bond acceptors (Lipinski definition) is 4. The van der Waals surface area contributed by atoms with Crippen LogP contribution < -0.4 is 4.74 Å². The Morgan fingerprint density at radius 3 is 2.75 bits per heavy atom. The molecule has 0 bridgehead atoms. The zero-order valence-corrected chi connectivity index (χ0v) is 11.5. The van der Waals surface area contributed by atoms with Crippen molar-refractivity contribution in [2.24, 2.45) is 0 Å². The number of rotatable bonds is 4. The third kappa shape index (κ3) is 3.84. The molecule has 0 aliphatic rings. The molecule has 0 aliphatic carbocycles. The highest BCUT2D eigenvalue weighted by molar-refractivity contribution is 7.11. The number of aliphatic hydroxyl groups is 1. The van der Waals surface area contributed by atoms with Crippen molar-refractivity contribution >= 4 is 22.9 Å². The minimum atomic E-state index is -4.50. The van der Waals surface area contributed by atoms with Crippen LogP contribution in [0.4, 0.5) is 13.2 Å². The molecule has 108 valence electrons. The first-order valence-corrected chi connectivity index (χ1v) is 6.65. The molecule has 0 aliphatic heterocycles. The van der Waals surface area contributed by atoms with Crippen LogP contribution in [0.2, 0.25) is 5.02 Å². The maximum absolute atomic E-state index is 12.4. The molecule has 0 radical (unpaired) electrons. The van der Waals surface area contributed by atoms with Crippen LogP contribution in [0.1, 0.15) is 16.0 Å². The van der Waals surface area contributed by atoms with Crippen LogP contribution in [-0.2, 0) is 6.18 Å². The predicted molar refractivity (Wildman–Crippen MR) is 69.0 cm³/mol. The average Bonchev–Trinajstić information content (AvgIpc) is 2.85. The number of halogens is 4. The molecule has 0 saturated carbocycles. The van der Waals surface area contributed by atoms with Gasteiger partial charge in [-0.25, -0.2) is 4.98 Å². The number of nitrogens with zero attached hydrogens (tertiary/aromatic N) is 1. The van der Waals surface area contributed by atoms with E-state index < -0.39 is 17.3 Å². The van der Waals surface area contributed by atoms with Gasteiger partial charge in [0.1, 0.15) is 18.5 Å². The van der Waals surface area contributed by atoms with Crippen LogP contribution in [0.15, 0.2) is 30.5 Å². The Morgan fingerprint density at radius 2 is 2.15 bits per heavy atom. The van der Waals surface area contributed by atoms with E-state index in [9.17, 15) is 18.3 Å². The molecule has 20 heavy (non-hydrogen) atoms. The summed E-state index contributed by atoms with van der Waals surface area (Å²) in [6.07, 6.45) is -4.68. The van der Waals surface area contributed by atoms with Crippen LogP contribution in [0.3, 0.4) is 0 Å². The number of benzene rings is 1. The molecule has 0 spiro atoms. The number of aliphatic hydroxyl groups excluding tert-OH is 1. The summed E-state index contributed by atoms with van der Waals surface area (Å²) in [5.41, 5.74) is 0. The van der Waals surface area contributed by atoms with Gasteiger partial charge in [0.2, 0.25) is 0 Å². The van der Waals surface area contributed by atoms with Gasteiger partial charge in [0.25, 0.3) is 0 Å². The lowest BCUT2D eigenvalue weighted by molar-refractivity contribution is -0.137. The van der Waals surface area contributed by atoms with Gasteiger partial charge in [-0.05, 0) is 18.2 Å². The van der Waals surface area contributed by atoms with Crippen LogP contribution >= 0.6 is 22.9 Å². The molecular formula is C12H9ClF3NO2S. The van der Waals surface area contributed by atoms with Gasteiger partial charge in [0.15, 0.2) is 5.01 Å². The lowest BCUT2D eigenvalue weighted by Gasteiger charge is -2.10. The van der Waals surface area contributed by atoms with Gasteiger partial charge in [-0.15, -0.1) is 11.3 Å². The predicted octanol–water partition coefficient (Wildman–Crippen LogP) is 3.93. The molecule has 3 nitrogen and oxygen atoms in total. The highest BCUT2D eigenvalue weighted by Gasteiger charge is 2.35. The summed E-state index contributed by atoms with van der Waals surface area (Å²) in [5.74, 6) is 0.428. The van der Waals surface area contributed by atoms with Gasteiger partial charge in [-0.2, -0.15) is 13.2 Å². The molecule has 2 rings (SSSR count). The SMILES string of the molecule is OC(COc1cccc(Cl)c1)c1cnc(C(F)(F)F)s1. The van der Waals surface area contributed by atoms with E-state index in [4.69, 9.17) is 16.3 Å². The molecule has 2 aromatic rings. The fraction of sp³-hybridized carbons (Fsp3) is 0.250. The summed E-state index contributed by atoms with van der Waals surface area (Å²) < 4.78 is 42.4. The Kier molecular flexibility index (Phi) is 4.52. The van der Waals surface area contributed by atoms with E-state index in [-0.39, 0.29) is 11.5 Å². The van der Waals surface area contributed by atoms with Crippen molar-refractivity contribution in [3.63, 3.8) is 0 Å². The van der Waals surface area contributed by atoms with Crippen molar-refractivity contribution in [1.29, 1.82) is 0 Å². The lowest BCUT2D eigenvalue weighted by atomic mass is 10.3. The van der Waals surface area contributed by atoms with E-state index in [1.54, 1.807) is 24.3 Å². The number of alkyl halides is 3. The number of thiazole rings is 1. The smallest absolute Gasteiger partial charge is 0.443 e. The Labute approximate surface area is 121 Å². The topological polar surface area (TPSA) is 42.4 Å². The lowest BCUT2D eigenvalue weighted by Crippen LogP contribution is -2.08. The summed E-state index contributed by atoms with van der Waals surface area (Å²) in [6, 6.07) is 6.50. The van der Waals surface area contributed by atoms with Crippen molar-refractivity contribution in [3.8, 4) is 5.75 Å². The fourth-order valence-electron chi connectivity index (χ4n) is 1.39. The monoisotopic (exact) mass is 323 g/mol. The van der Waals surface area contributed by atoms with Gasteiger partial charge in [0, 0.05) is 11.2 Å². The summed E-state index contributed by atoms with van der Waals surface area (Å²) >= 11 is 6.15. The molecule has 1 aromatic carbocycles.